The first-order valence-corrected chi connectivity index (χ1v) is 7.92. The minimum Gasteiger partial charge on any atom is -1.00 e. The van der Waals surface area contributed by atoms with Gasteiger partial charge in [-0.15, -0.1) is 49.0 Å². The molecule has 4 rings (SSSR count). The average molecular weight is 381 g/mol. The van der Waals surface area contributed by atoms with E-state index in [4.69, 9.17) is 0 Å². The van der Waals surface area contributed by atoms with Crippen molar-refractivity contribution in [2.24, 2.45) is 0 Å². The van der Waals surface area contributed by atoms with Gasteiger partial charge in [-0.05, 0) is 11.6 Å². The van der Waals surface area contributed by atoms with Gasteiger partial charge in [0.05, 0.1) is 0 Å². The van der Waals surface area contributed by atoms with E-state index in [1.165, 1.54) is 16.1 Å². The third-order valence-electron chi connectivity index (χ3n) is 3.09. The second-order valence-electron chi connectivity index (χ2n) is 4.44. The number of hydrogen-bond acceptors (Lipinski definition) is 0. The molecule has 0 unspecified atom stereocenters. The van der Waals surface area contributed by atoms with Gasteiger partial charge in [-0.2, -0.15) is 12.1 Å². The van der Waals surface area contributed by atoms with Crippen LogP contribution >= 0.6 is 7.53 Å². The summed E-state index contributed by atoms with van der Waals surface area (Å²) in [5.74, 6) is 4.59. The Labute approximate surface area is 160 Å². The van der Waals surface area contributed by atoms with E-state index in [1.807, 2.05) is 12.2 Å². The molecule has 0 nitrogen and oxygen atoms in total. The van der Waals surface area contributed by atoms with Gasteiger partial charge in [0, 0.05) is 0 Å². The Kier molecular flexibility index (Phi) is 10.7. The zero-order valence-corrected chi connectivity index (χ0v) is 15.9. The molecule has 4 heteroatoms. The third kappa shape index (κ3) is 5.54. The van der Waals surface area contributed by atoms with Crippen molar-refractivity contribution in [1.29, 1.82) is 0 Å². The molecule has 110 valence electrons. The molecule has 0 radical (unpaired) electrons. The predicted octanol–water partition coefficient (Wildman–Crippen LogP) is -0.154. The van der Waals surface area contributed by atoms with Crippen molar-refractivity contribution < 1.29 is 46.5 Å². The van der Waals surface area contributed by atoms with Crippen LogP contribution in [0.1, 0.15) is 6.42 Å². The Morgan fingerprint density at radius 3 is 2.27 bits per heavy atom. The molecule has 1 aliphatic rings. The number of rotatable bonds is 1. The Bertz CT molecular complexity index is 669. The van der Waals surface area contributed by atoms with Crippen molar-refractivity contribution in [3.8, 4) is 5.30 Å². The summed E-state index contributed by atoms with van der Waals surface area (Å²) in [6.45, 7) is 0. The first kappa shape index (κ1) is 21.4. The SMILES string of the molecule is [C-]1=CC=CC1.[Cl-].[Cl-].[Ti+4].c1ccc2[cH-]c(-p3cccc3)cc2c1. The van der Waals surface area contributed by atoms with Crippen molar-refractivity contribution in [2.75, 3.05) is 0 Å². The zero-order chi connectivity index (χ0) is 12.9. The van der Waals surface area contributed by atoms with Crippen LogP contribution in [0, 0.1) is 6.08 Å². The summed E-state index contributed by atoms with van der Waals surface area (Å²) >= 11 is 0. The molecule has 2 aromatic carbocycles. The molecule has 0 saturated carbocycles. The summed E-state index contributed by atoms with van der Waals surface area (Å²) in [5, 5.41) is 4.18. The van der Waals surface area contributed by atoms with Gasteiger partial charge in [0.25, 0.3) is 0 Å². The molecule has 1 aliphatic carbocycles. The quantitative estimate of drug-likeness (QED) is 0.407. The number of fused-ring (bicyclic) bond motifs is 1. The fraction of sp³-hybridized carbons (Fsp3) is 0.0556. The summed E-state index contributed by atoms with van der Waals surface area (Å²) in [5.41, 5.74) is 0. The second-order valence-corrected chi connectivity index (χ2v) is 6.36. The van der Waals surface area contributed by atoms with Crippen LogP contribution in [0.15, 0.2) is 78.4 Å². The molecule has 0 fully saturated rings. The molecule has 0 spiro atoms. The van der Waals surface area contributed by atoms with Crippen LogP contribution in [0.25, 0.3) is 16.1 Å². The van der Waals surface area contributed by atoms with Crippen LogP contribution in [0.3, 0.4) is 0 Å². The van der Waals surface area contributed by atoms with Crippen molar-refractivity contribution in [1.82, 2.24) is 0 Å². The van der Waals surface area contributed by atoms with E-state index in [0.29, 0.717) is 0 Å². The van der Waals surface area contributed by atoms with Crippen molar-refractivity contribution in [2.45, 2.75) is 6.42 Å². The van der Waals surface area contributed by atoms with E-state index in [9.17, 15) is 0 Å². The molecule has 0 amide bonds. The largest absolute Gasteiger partial charge is 4.00 e. The number of benzene rings is 1. The molecular formula is C18H15Cl2PTi. The Morgan fingerprint density at radius 2 is 1.73 bits per heavy atom. The molecule has 1 aromatic heterocycles. The Balaban J connectivity index is 0.000000482. The fourth-order valence-corrected chi connectivity index (χ4v) is 3.72. The van der Waals surface area contributed by atoms with Crippen LogP contribution in [0.5, 0.6) is 0 Å². The van der Waals surface area contributed by atoms with Gasteiger partial charge in [0.15, 0.2) is 0 Å². The van der Waals surface area contributed by atoms with Gasteiger partial charge >= 0.3 is 21.7 Å². The van der Waals surface area contributed by atoms with Crippen molar-refractivity contribution in [3.05, 3.63) is 84.4 Å². The molecule has 22 heavy (non-hydrogen) atoms. The van der Waals surface area contributed by atoms with Crippen LogP contribution in [-0.4, -0.2) is 0 Å². The third-order valence-corrected chi connectivity index (χ3v) is 4.93. The van der Waals surface area contributed by atoms with Crippen LogP contribution in [0.4, 0.5) is 0 Å². The average Bonchev–Trinajstić information content (AvgIpc) is 3.20. The molecule has 0 bridgehead atoms. The Hall–Kier alpha value is -0.616. The first-order chi connectivity index (χ1) is 9.43. The summed E-state index contributed by atoms with van der Waals surface area (Å²) < 4.78 is 0. The zero-order valence-electron chi connectivity index (χ0n) is 11.9. The van der Waals surface area contributed by atoms with Gasteiger partial charge in [-0.25, -0.2) is 12.2 Å². The van der Waals surface area contributed by atoms with E-state index >= 15 is 0 Å². The maximum atomic E-state index is 2.99. The number of halogens is 2. The van der Waals surface area contributed by atoms with E-state index < -0.39 is 0 Å². The van der Waals surface area contributed by atoms with Crippen LogP contribution in [-0.2, 0) is 21.7 Å². The van der Waals surface area contributed by atoms with Crippen LogP contribution < -0.4 is 24.8 Å². The maximum absolute atomic E-state index is 2.99. The maximum Gasteiger partial charge on any atom is 4.00 e. The van der Waals surface area contributed by atoms with Gasteiger partial charge in [0.1, 0.15) is 0 Å². The smallest absolute Gasteiger partial charge is 1.00 e. The van der Waals surface area contributed by atoms with Gasteiger partial charge in [-0.1, -0.05) is 23.5 Å². The summed E-state index contributed by atoms with van der Waals surface area (Å²) in [4.78, 5) is 0. The van der Waals surface area contributed by atoms with Gasteiger partial charge < -0.3 is 24.8 Å². The predicted molar refractivity (Wildman–Crippen MR) is 85.2 cm³/mol. The minimum atomic E-state index is -0.148. The first-order valence-electron chi connectivity index (χ1n) is 6.44. The van der Waals surface area contributed by atoms with Crippen molar-refractivity contribution >= 4 is 18.3 Å². The van der Waals surface area contributed by atoms with Crippen LogP contribution in [0.2, 0.25) is 0 Å². The van der Waals surface area contributed by atoms with Gasteiger partial charge in [-0.3, -0.25) is 6.08 Å². The summed E-state index contributed by atoms with van der Waals surface area (Å²) in [7, 11) is -0.148. The summed E-state index contributed by atoms with van der Waals surface area (Å²) in [6, 6.07) is 17.4. The molecule has 1 heterocycles. The van der Waals surface area contributed by atoms with E-state index in [1.54, 1.807) is 0 Å². The molecular weight excluding hydrogens is 366 g/mol. The van der Waals surface area contributed by atoms with E-state index in [0.717, 1.165) is 6.42 Å². The minimum absolute atomic E-state index is 0. The monoisotopic (exact) mass is 380 g/mol. The number of hydrogen-bond donors (Lipinski definition) is 0. The van der Waals surface area contributed by atoms with Crippen molar-refractivity contribution in [3.63, 3.8) is 0 Å². The molecule has 0 aliphatic heterocycles. The molecule has 0 saturated heterocycles. The van der Waals surface area contributed by atoms with Gasteiger partial charge in [0.2, 0.25) is 0 Å². The summed E-state index contributed by atoms with van der Waals surface area (Å²) in [6.07, 6.45) is 10.0. The topological polar surface area (TPSA) is 0 Å². The number of allylic oxidation sites excluding steroid dienone is 4. The molecule has 0 atom stereocenters. The van der Waals surface area contributed by atoms with E-state index in [-0.39, 0.29) is 54.1 Å². The van der Waals surface area contributed by atoms with E-state index in [2.05, 4.69) is 72.3 Å². The Morgan fingerprint density at radius 1 is 1.00 bits per heavy atom. The second kappa shape index (κ2) is 11.0. The fourth-order valence-electron chi connectivity index (χ4n) is 2.13. The standard InChI is InChI=1S/C13H10P.C5H5.2ClH.Ti/c1-2-6-12-10-13(9-11(12)5-1)14-7-3-4-8-14;1-2-4-5-3-1;;;/h1-10H;1-3H,4H2;2*1H;/q2*-1;;;+4/p-2. The molecule has 3 aromatic rings. The normalized spacial score (nSPS) is 10.9. The molecule has 0 N–H and O–H groups in total.